The van der Waals surface area contributed by atoms with Gasteiger partial charge in [-0.25, -0.2) is 0 Å². The van der Waals surface area contributed by atoms with Crippen molar-refractivity contribution >= 4 is 23.9 Å². The Hall–Kier alpha value is -1.85. The van der Waals surface area contributed by atoms with Crippen LogP contribution in [0, 0.1) is 0 Å². The number of carbonyl (C=O) groups is 1. The molecule has 0 bridgehead atoms. The van der Waals surface area contributed by atoms with Crippen LogP contribution in [0.4, 0.5) is 0 Å². The molecule has 4 nitrogen and oxygen atoms in total. The van der Waals surface area contributed by atoms with E-state index in [0.717, 1.165) is 10.9 Å². The monoisotopic (exact) mass is 354 g/mol. The van der Waals surface area contributed by atoms with Gasteiger partial charge in [-0.15, -0.1) is 0 Å². The second kappa shape index (κ2) is 7.05. The number of esters is 1. The maximum Gasteiger partial charge on any atom is 0.466 e. The summed E-state index contributed by atoms with van der Waals surface area (Å²) < 4.78 is 17.7. The molecule has 5 heteroatoms. The molecule has 1 heterocycles. The van der Waals surface area contributed by atoms with E-state index >= 15 is 0 Å². The molecule has 1 aliphatic rings. The van der Waals surface area contributed by atoms with Crippen LogP contribution in [0.15, 0.2) is 42.5 Å². The number of ether oxygens (including phenoxy) is 1. The molecule has 0 amide bonds. The van der Waals surface area contributed by atoms with Crippen molar-refractivity contribution in [2.24, 2.45) is 0 Å². The van der Waals surface area contributed by atoms with Gasteiger partial charge in [-0.05, 0) is 51.0 Å². The van der Waals surface area contributed by atoms with Gasteiger partial charge < -0.3 is 14.0 Å². The SMILES string of the molecule is CCOC(=O)CC(B1OC(C)(C)C(C)(C)O1)c1ccc2ccccc2c1. The smallest absolute Gasteiger partial charge is 0.466 e. The molecular formula is C21H27BO4. The van der Waals surface area contributed by atoms with Gasteiger partial charge in [0.2, 0.25) is 0 Å². The third kappa shape index (κ3) is 3.65. The lowest BCUT2D eigenvalue weighted by atomic mass is 9.66. The van der Waals surface area contributed by atoms with E-state index in [9.17, 15) is 4.79 Å². The van der Waals surface area contributed by atoms with Crippen LogP contribution < -0.4 is 0 Å². The predicted molar refractivity (Wildman–Crippen MR) is 104 cm³/mol. The highest BCUT2D eigenvalue weighted by Gasteiger charge is 2.54. The topological polar surface area (TPSA) is 44.8 Å². The Morgan fingerprint density at radius 1 is 1.04 bits per heavy atom. The van der Waals surface area contributed by atoms with Crippen molar-refractivity contribution in [1.82, 2.24) is 0 Å². The van der Waals surface area contributed by atoms with Crippen LogP contribution in [0.3, 0.4) is 0 Å². The Bertz CT molecular complexity index is 783. The van der Waals surface area contributed by atoms with E-state index < -0.39 is 18.3 Å². The van der Waals surface area contributed by atoms with Gasteiger partial charge in [-0.3, -0.25) is 4.79 Å². The Labute approximate surface area is 156 Å². The van der Waals surface area contributed by atoms with Crippen molar-refractivity contribution in [3.8, 4) is 0 Å². The number of carbonyl (C=O) groups excluding carboxylic acids is 1. The maximum atomic E-state index is 12.2. The van der Waals surface area contributed by atoms with E-state index in [0.29, 0.717) is 6.61 Å². The second-order valence-corrected chi connectivity index (χ2v) is 7.85. The molecule has 0 aliphatic carbocycles. The fourth-order valence-corrected chi connectivity index (χ4v) is 3.26. The largest absolute Gasteiger partial charge is 0.466 e. The highest BCUT2D eigenvalue weighted by atomic mass is 16.7. The first kappa shape index (κ1) is 18.9. The van der Waals surface area contributed by atoms with Gasteiger partial charge in [0.25, 0.3) is 0 Å². The molecule has 1 atom stereocenters. The zero-order valence-electron chi connectivity index (χ0n) is 16.2. The van der Waals surface area contributed by atoms with Crippen molar-refractivity contribution < 1.29 is 18.8 Å². The first-order valence-corrected chi connectivity index (χ1v) is 9.23. The van der Waals surface area contributed by atoms with E-state index in [2.05, 4.69) is 30.3 Å². The highest BCUT2D eigenvalue weighted by molar-refractivity contribution is 6.48. The van der Waals surface area contributed by atoms with E-state index in [1.54, 1.807) is 0 Å². The van der Waals surface area contributed by atoms with Gasteiger partial charge >= 0.3 is 13.1 Å². The Morgan fingerprint density at radius 3 is 2.27 bits per heavy atom. The van der Waals surface area contributed by atoms with E-state index in [4.69, 9.17) is 14.0 Å². The van der Waals surface area contributed by atoms with Gasteiger partial charge in [-0.2, -0.15) is 0 Å². The summed E-state index contributed by atoms with van der Waals surface area (Å²) >= 11 is 0. The van der Waals surface area contributed by atoms with Gasteiger partial charge in [0, 0.05) is 5.82 Å². The van der Waals surface area contributed by atoms with Crippen LogP contribution in [0.25, 0.3) is 10.8 Å². The summed E-state index contributed by atoms with van der Waals surface area (Å²) in [5.74, 6) is -0.458. The van der Waals surface area contributed by atoms with Crippen LogP contribution in [0.5, 0.6) is 0 Å². The molecule has 138 valence electrons. The van der Waals surface area contributed by atoms with Crippen molar-refractivity contribution in [1.29, 1.82) is 0 Å². The number of benzene rings is 2. The molecule has 0 saturated carbocycles. The molecule has 26 heavy (non-hydrogen) atoms. The maximum absolute atomic E-state index is 12.2. The molecule has 2 aromatic carbocycles. The minimum atomic E-state index is -0.495. The summed E-state index contributed by atoms with van der Waals surface area (Å²) in [6.45, 7) is 10.3. The number of fused-ring (bicyclic) bond motifs is 1. The number of hydrogen-bond donors (Lipinski definition) is 0. The molecule has 0 N–H and O–H groups in total. The van der Waals surface area contributed by atoms with Gasteiger partial charge in [0.15, 0.2) is 0 Å². The Balaban J connectivity index is 1.96. The first-order chi connectivity index (χ1) is 12.2. The fourth-order valence-electron chi connectivity index (χ4n) is 3.26. The Kier molecular flexibility index (Phi) is 5.13. The molecule has 0 aromatic heterocycles. The van der Waals surface area contributed by atoms with Gasteiger partial charge in [0.1, 0.15) is 0 Å². The standard InChI is InChI=1S/C21H27BO4/c1-6-24-19(23)14-18(22-25-20(2,3)21(4,5)26-22)17-12-11-15-9-7-8-10-16(15)13-17/h7-13,18H,6,14H2,1-5H3. The van der Waals surface area contributed by atoms with Crippen molar-refractivity contribution in [3.63, 3.8) is 0 Å². The van der Waals surface area contributed by atoms with E-state index in [1.807, 2.05) is 46.8 Å². The molecule has 1 saturated heterocycles. The number of rotatable bonds is 5. The summed E-state index contributed by atoms with van der Waals surface area (Å²) in [5, 5.41) is 2.30. The van der Waals surface area contributed by atoms with Crippen LogP contribution >= 0.6 is 0 Å². The zero-order valence-corrected chi connectivity index (χ0v) is 16.2. The molecule has 2 aromatic rings. The summed E-state index contributed by atoms with van der Waals surface area (Å²) in [6, 6.07) is 14.4. The molecule has 0 spiro atoms. The summed E-state index contributed by atoms with van der Waals surface area (Å²) in [6.07, 6.45) is 0.225. The predicted octanol–water partition coefficient (Wildman–Crippen LogP) is 4.51. The molecule has 0 radical (unpaired) electrons. The van der Waals surface area contributed by atoms with Gasteiger partial charge in [0.05, 0.1) is 24.2 Å². The first-order valence-electron chi connectivity index (χ1n) is 9.23. The van der Waals surface area contributed by atoms with Crippen LogP contribution in [0.1, 0.15) is 52.4 Å². The molecule has 1 fully saturated rings. The molecular weight excluding hydrogens is 327 g/mol. The Morgan fingerprint density at radius 2 is 1.65 bits per heavy atom. The summed E-state index contributed by atoms with van der Waals surface area (Å²) in [5.41, 5.74) is 0.137. The normalized spacial score (nSPS) is 19.5. The van der Waals surface area contributed by atoms with Crippen LogP contribution in [-0.4, -0.2) is 30.9 Å². The van der Waals surface area contributed by atoms with E-state index in [1.165, 1.54) is 5.39 Å². The van der Waals surface area contributed by atoms with Crippen molar-refractivity contribution in [3.05, 3.63) is 48.0 Å². The quantitative estimate of drug-likeness (QED) is 0.586. The van der Waals surface area contributed by atoms with Crippen molar-refractivity contribution in [2.75, 3.05) is 6.61 Å². The summed E-state index contributed by atoms with van der Waals surface area (Å²) in [4.78, 5) is 12.2. The average molecular weight is 354 g/mol. The third-order valence-corrected chi connectivity index (χ3v) is 5.49. The molecule has 1 aliphatic heterocycles. The minimum absolute atomic E-state index is 0.222. The fraction of sp³-hybridized carbons (Fsp3) is 0.476. The summed E-state index contributed by atoms with van der Waals surface area (Å²) in [7, 11) is -0.495. The lowest BCUT2D eigenvalue weighted by Crippen LogP contribution is -2.41. The van der Waals surface area contributed by atoms with Crippen LogP contribution in [0.2, 0.25) is 0 Å². The number of hydrogen-bond acceptors (Lipinski definition) is 4. The second-order valence-electron chi connectivity index (χ2n) is 7.85. The van der Waals surface area contributed by atoms with Gasteiger partial charge in [-0.1, -0.05) is 42.5 Å². The zero-order chi connectivity index (χ0) is 18.9. The lowest BCUT2D eigenvalue weighted by molar-refractivity contribution is -0.143. The minimum Gasteiger partial charge on any atom is -0.466 e. The third-order valence-electron chi connectivity index (χ3n) is 5.49. The average Bonchev–Trinajstić information content (AvgIpc) is 2.80. The highest BCUT2D eigenvalue weighted by Crippen LogP contribution is 2.42. The van der Waals surface area contributed by atoms with Crippen molar-refractivity contribution in [2.45, 2.75) is 58.1 Å². The van der Waals surface area contributed by atoms with E-state index in [-0.39, 0.29) is 18.2 Å². The van der Waals surface area contributed by atoms with Crippen LogP contribution in [-0.2, 0) is 18.8 Å². The lowest BCUT2D eigenvalue weighted by Gasteiger charge is -2.32. The molecule has 3 rings (SSSR count). The molecule has 1 unspecified atom stereocenters.